The number of aromatic nitrogens is 3. The van der Waals surface area contributed by atoms with Crippen LogP contribution in [0.2, 0.25) is 0 Å². The first-order valence-electron chi connectivity index (χ1n) is 11.7. The quantitative estimate of drug-likeness (QED) is 0.574. The van der Waals surface area contributed by atoms with E-state index in [4.69, 9.17) is 5.10 Å². The second kappa shape index (κ2) is 9.38. The monoisotopic (exact) mass is 483 g/mol. The molecule has 0 bridgehead atoms. The van der Waals surface area contributed by atoms with Gasteiger partial charge in [-0.3, -0.25) is 4.79 Å². The predicted octanol–water partition coefficient (Wildman–Crippen LogP) is 3.99. The maximum atomic E-state index is 13.2. The molecule has 182 valence electrons. The van der Waals surface area contributed by atoms with Gasteiger partial charge in [-0.15, -0.1) is 0 Å². The molecule has 4 rings (SSSR count). The number of benzene rings is 1. The van der Waals surface area contributed by atoms with E-state index in [1.54, 1.807) is 16.3 Å². The van der Waals surface area contributed by atoms with Gasteiger partial charge < -0.3 is 9.88 Å². The molecule has 1 amide bonds. The Labute approximate surface area is 201 Å². The van der Waals surface area contributed by atoms with Gasteiger partial charge in [0, 0.05) is 37.8 Å². The minimum atomic E-state index is -3.62. The number of hydrogen-bond donors (Lipinski definition) is 1. The van der Waals surface area contributed by atoms with Crippen LogP contribution < -0.4 is 5.32 Å². The van der Waals surface area contributed by atoms with E-state index in [-0.39, 0.29) is 21.9 Å². The van der Waals surface area contributed by atoms with Gasteiger partial charge >= 0.3 is 0 Å². The maximum Gasteiger partial charge on any atom is 0.273 e. The molecule has 3 heterocycles. The van der Waals surface area contributed by atoms with E-state index in [0.29, 0.717) is 25.5 Å². The van der Waals surface area contributed by atoms with E-state index in [2.05, 4.69) is 26.1 Å². The van der Waals surface area contributed by atoms with Crippen LogP contribution in [0.3, 0.4) is 0 Å². The van der Waals surface area contributed by atoms with Crippen molar-refractivity contribution in [1.82, 2.24) is 18.7 Å². The van der Waals surface area contributed by atoms with Gasteiger partial charge in [-0.1, -0.05) is 57.5 Å². The summed E-state index contributed by atoms with van der Waals surface area (Å²) in [5.74, 6) is 0.192. The Hall–Kier alpha value is -2.91. The van der Waals surface area contributed by atoms with Crippen LogP contribution in [0.4, 0.5) is 5.82 Å². The Morgan fingerprint density at radius 1 is 1.06 bits per heavy atom. The van der Waals surface area contributed by atoms with Crippen molar-refractivity contribution in [2.45, 2.75) is 56.9 Å². The Morgan fingerprint density at radius 2 is 1.74 bits per heavy atom. The lowest BCUT2D eigenvalue weighted by Crippen LogP contribution is -2.35. The van der Waals surface area contributed by atoms with Crippen LogP contribution in [-0.2, 0) is 29.0 Å². The van der Waals surface area contributed by atoms with Gasteiger partial charge in [0.1, 0.15) is 16.4 Å². The van der Waals surface area contributed by atoms with Crippen LogP contribution in [0, 0.1) is 0 Å². The van der Waals surface area contributed by atoms with E-state index < -0.39 is 10.0 Å². The minimum Gasteiger partial charge on any atom is -0.345 e. The number of nitrogens with zero attached hydrogens (tertiary/aromatic N) is 4. The molecule has 0 spiro atoms. The summed E-state index contributed by atoms with van der Waals surface area (Å²) >= 11 is 0. The number of hydrogen-bond acceptors (Lipinski definition) is 4. The molecule has 2 aromatic heterocycles. The minimum absolute atomic E-state index is 0.148. The molecule has 8 nitrogen and oxygen atoms in total. The number of amides is 1. The standard InChI is InChI=1S/C25H33N5O3S/c1-25(2,3)22-16-23(30(27-22)17-19-11-7-5-8-12-19)26-24(31)21-15-20(18-28(21)4)34(32,33)29-13-9-6-10-14-29/h5,7-8,11-12,15-16,18H,6,9-10,13-14,17H2,1-4H3,(H,26,31). The predicted molar refractivity (Wildman–Crippen MR) is 132 cm³/mol. The van der Waals surface area contributed by atoms with Crippen molar-refractivity contribution in [2.24, 2.45) is 7.05 Å². The molecule has 0 saturated carbocycles. The fourth-order valence-electron chi connectivity index (χ4n) is 4.10. The Morgan fingerprint density at radius 3 is 2.38 bits per heavy atom. The van der Waals surface area contributed by atoms with Crippen LogP contribution >= 0.6 is 0 Å². The van der Waals surface area contributed by atoms with Gasteiger partial charge in [0.15, 0.2) is 0 Å². The molecule has 34 heavy (non-hydrogen) atoms. The number of nitrogens with one attached hydrogen (secondary N) is 1. The molecule has 0 aliphatic carbocycles. The van der Waals surface area contributed by atoms with Crippen molar-refractivity contribution in [3.63, 3.8) is 0 Å². The Bertz CT molecular complexity index is 1260. The first-order chi connectivity index (χ1) is 16.1. The van der Waals surface area contributed by atoms with E-state index in [0.717, 1.165) is 30.5 Å². The largest absolute Gasteiger partial charge is 0.345 e. The summed E-state index contributed by atoms with van der Waals surface area (Å²) in [6.07, 6.45) is 4.28. The van der Waals surface area contributed by atoms with Crippen LogP contribution in [0.25, 0.3) is 0 Å². The van der Waals surface area contributed by atoms with Gasteiger partial charge in [0.25, 0.3) is 5.91 Å². The summed E-state index contributed by atoms with van der Waals surface area (Å²) in [4.78, 5) is 13.4. The molecule has 0 atom stereocenters. The third-order valence-electron chi connectivity index (χ3n) is 6.13. The molecule has 1 aliphatic rings. The first kappa shape index (κ1) is 24.2. The van der Waals surface area contributed by atoms with Crippen LogP contribution in [0.1, 0.15) is 61.8 Å². The highest BCUT2D eigenvalue weighted by Gasteiger charge is 2.29. The van der Waals surface area contributed by atoms with Gasteiger partial charge in [-0.2, -0.15) is 9.40 Å². The van der Waals surface area contributed by atoms with E-state index >= 15 is 0 Å². The fraction of sp³-hybridized carbons (Fsp3) is 0.440. The Balaban J connectivity index is 1.61. The molecule has 1 N–H and O–H groups in total. The summed E-state index contributed by atoms with van der Waals surface area (Å²) in [5.41, 5.74) is 2.01. The van der Waals surface area contributed by atoms with Crippen molar-refractivity contribution in [2.75, 3.05) is 18.4 Å². The number of carbonyl (C=O) groups is 1. The molecule has 3 aromatic rings. The number of anilines is 1. The fourth-order valence-corrected chi connectivity index (χ4v) is 5.69. The highest BCUT2D eigenvalue weighted by atomic mass is 32.2. The molecule has 0 unspecified atom stereocenters. The van der Waals surface area contributed by atoms with Crippen LogP contribution in [0.5, 0.6) is 0 Å². The zero-order chi connectivity index (χ0) is 24.5. The van der Waals surface area contributed by atoms with Crippen molar-refractivity contribution < 1.29 is 13.2 Å². The smallest absolute Gasteiger partial charge is 0.273 e. The number of piperidine rings is 1. The summed E-state index contributed by atoms with van der Waals surface area (Å²) in [7, 11) is -1.93. The van der Waals surface area contributed by atoms with Gasteiger partial charge in [-0.05, 0) is 24.5 Å². The normalized spacial score (nSPS) is 15.4. The van der Waals surface area contributed by atoms with Crippen LogP contribution in [-0.4, -0.2) is 46.1 Å². The number of aryl methyl sites for hydroxylation is 1. The highest BCUT2D eigenvalue weighted by Crippen LogP contribution is 2.26. The molecule has 9 heteroatoms. The Kier molecular flexibility index (Phi) is 6.69. The molecular formula is C25H33N5O3S. The second-order valence-electron chi connectivity index (χ2n) is 9.90. The third-order valence-corrected chi connectivity index (χ3v) is 7.99. The zero-order valence-electron chi connectivity index (χ0n) is 20.3. The van der Waals surface area contributed by atoms with Crippen molar-refractivity contribution in [3.05, 3.63) is 65.6 Å². The second-order valence-corrected chi connectivity index (χ2v) is 11.8. The average molecular weight is 484 g/mol. The highest BCUT2D eigenvalue weighted by molar-refractivity contribution is 7.89. The number of carbonyl (C=O) groups excluding carboxylic acids is 1. The lowest BCUT2D eigenvalue weighted by Gasteiger charge is -2.25. The summed E-state index contributed by atoms with van der Waals surface area (Å²) in [6, 6.07) is 13.3. The lowest BCUT2D eigenvalue weighted by molar-refractivity contribution is 0.101. The molecule has 1 saturated heterocycles. The van der Waals surface area contributed by atoms with E-state index in [1.165, 1.54) is 16.6 Å². The van der Waals surface area contributed by atoms with Crippen molar-refractivity contribution in [1.29, 1.82) is 0 Å². The third kappa shape index (κ3) is 5.10. The average Bonchev–Trinajstić information content (AvgIpc) is 3.39. The van der Waals surface area contributed by atoms with E-state index in [9.17, 15) is 13.2 Å². The topological polar surface area (TPSA) is 89.2 Å². The van der Waals surface area contributed by atoms with Gasteiger partial charge in [-0.25, -0.2) is 13.1 Å². The number of rotatable bonds is 6. The van der Waals surface area contributed by atoms with E-state index in [1.807, 2.05) is 36.4 Å². The molecule has 1 aliphatic heterocycles. The van der Waals surface area contributed by atoms with Crippen molar-refractivity contribution in [3.8, 4) is 0 Å². The summed E-state index contributed by atoms with van der Waals surface area (Å²) < 4.78 is 31.0. The molecule has 1 fully saturated rings. The SMILES string of the molecule is Cn1cc(S(=O)(=O)N2CCCCC2)cc1C(=O)Nc1cc(C(C)(C)C)nn1Cc1ccccc1. The van der Waals surface area contributed by atoms with Crippen LogP contribution in [0.15, 0.2) is 53.6 Å². The lowest BCUT2D eigenvalue weighted by atomic mass is 9.92. The first-order valence-corrected chi connectivity index (χ1v) is 13.1. The van der Waals surface area contributed by atoms with Gasteiger partial charge in [0.2, 0.25) is 10.0 Å². The molecule has 0 radical (unpaired) electrons. The summed E-state index contributed by atoms with van der Waals surface area (Å²) in [6.45, 7) is 7.77. The molecule has 1 aromatic carbocycles. The summed E-state index contributed by atoms with van der Waals surface area (Å²) in [5, 5.41) is 7.70. The van der Waals surface area contributed by atoms with Gasteiger partial charge in [0.05, 0.1) is 12.2 Å². The molecular weight excluding hydrogens is 450 g/mol. The maximum absolute atomic E-state index is 13.2. The van der Waals surface area contributed by atoms with Crippen molar-refractivity contribution >= 4 is 21.7 Å². The zero-order valence-corrected chi connectivity index (χ0v) is 21.1. The number of sulfonamides is 1.